The summed E-state index contributed by atoms with van der Waals surface area (Å²) in [6, 6.07) is 6.10. The minimum absolute atomic E-state index is 0.539. The maximum atomic E-state index is 5.88. The lowest BCUT2D eigenvalue weighted by Gasteiger charge is -2.29. The molecule has 0 saturated carbocycles. The molecule has 1 aliphatic rings. The molecule has 0 bridgehead atoms. The van der Waals surface area contributed by atoms with Gasteiger partial charge in [0.25, 0.3) is 0 Å². The van der Waals surface area contributed by atoms with E-state index in [4.69, 9.17) is 10.5 Å². The van der Waals surface area contributed by atoms with Crippen LogP contribution in [0.15, 0.2) is 24.4 Å². The summed E-state index contributed by atoms with van der Waals surface area (Å²) in [4.78, 5) is 6.41. The standard InChI is InChI=1S/C11H14N4O/c12-11-13-8-9-2-1-3-10(15(9)11)14-4-6-16-7-5-14/h1-3,8H,4-7H2,(H2,12,13). The van der Waals surface area contributed by atoms with Crippen molar-refractivity contribution in [3.8, 4) is 0 Å². The van der Waals surface area contributed by atoms with Gasteiger partial charge in [-0.1, -0.05) is 6.07 Å². The molecule has 1 fully saturated rings. The molecule has 5 nitrogen and oxygen atoms in total. The lowest BCUT2D eigenvalue weighted by Crippen LogP contribution is -2.37. The number of pyridine rings is 1. The van der Waals surface area contributed by atoms with Crippen LogP contribution in [0.2, 0.25) is 0 Å². The third-order valence-electron chi connectivity index (χ3n) is 2.89. The van der Waals surface area contributed by atoms with Gasteiger partial charge < -0.3 is 15.4 Å². The van der Waals surface area contributed by atoms with Gasteiger partial charge in [-0.25, -0.2) is 4.98 Å². The van der Waals surface area contributed by atoms with Gasteiger partial charge in [-0.05, 0) is 12.1 Å². The molecule has 2 aromatic heterocycles. The van der Waals surface area contributed by atoms with Gasteiger partial charge in [-0.3, -0.25) is 4.40 Å². The zero-order valence-corrected chi connectivity index (χ0v) is 8.97. The third-order valence-corrected chi connectivity index (χ3v) is 2.89. The van der Waals surface area contributed by atoms with Crippen molar-refractivity contribution >= 4 is 17.3 Å². The largest absolute Gasteiger partial charge is 0.378 e. The van der Waals surface area contributed by atoms with Crippen LogP contribution < -0.4 is 10.6 Å². The van der Waals surface area contributed by atoms with Crippen LogP contribution in [-0.2, 0) is 4.74 Å². The molecule has 84 valence electrons. The fraction of sp³-hybridized carbons (Fsp3) is 0.364. The number of aromatic nitrogens is 2. The summed E-state index contributed by atoms with van der Waals surface area (Å²) >= 11 is 0. The fourth-order valence-electron chi connectivity index (χ4n) is 2.09. The molecule has 16 heavy (non-hydrogen) atoms. The van der Waals surface area contributed by atoms with Crippen LogP contribution in [0.5, 0.6) is 0 Å². The first-order valence-corrected chi connectivity index (χ1v) is 5.41. The van der Waals surface area contributed by atoms with E-state index >= 15 is 0 Å². The maximum Gasteiger partial charge on any atom is 0.206 e. The van der Waals surface area contributed by atoms with Gasteiger partial charge in [0.1, 0.15) is 5.82 Å². The van der Waals surface area contributed by atoms with E-state index in [0.717, 1.165) is 37.6 Å². The number of fused-ring (bicyclic) bond motifs is 1. The highest BCUT2D eigenvalue weighted by molar-refractivity contribution is 5.59. The summed E-state index contributed by atoms with van der Waals surface area (Å²) in [7, 11) is 0. The highest BCUT2D eigenvalue weighted by Crippen LogP contribution is 2.21. The summed E-state index contributed by atoms with van der Waals surface area (Å²) in [5.74, 6) is 1.63. The predicted octanol–water partition coefficient (Wildman–Crippen LogP) is 0.753. The molecule has 0 atom stereocenters. The van der Waals surface area contributed by atoms with Crippen LogP contribution in [0.4, 0.5) is 11.8 Å². The Balaban J connectivity index is 2.10. The average Bonchev–Trinajstić information content (AvgIpc) is 2.73. The van der Waals surface area contributed by atoms with E-state index in [1.165, 1.54) is 0 Å². The number of nitrogens with zero attached hydrogens (tertiary/aromatic N) is 3. The van der Waals surface area contributed by atoms with Gasteiger partial charge in [0.15, 0.2) is 0 Å². The smallest absolute Gasteiger partial charge is 0.206 e. The Bertz CT molecular complexity index is 502. The summed E-state index contributed by atoms with van der Waals surface area (Å²) in [6.45, 7) is 3.34. The van der Waals surface area contributed by atoms with Gasteiger partial charge in [0.2, 0.25) is 5.95 Å². The van der Waals surface area contributed by atoms with E-state index in [1.807, 2.05) is 16.5 Å². The van der Waals surface area contributed by atoms with E-state index in [-0.39, 0.29) is 0 Å². The van der Waals surface area contributed by atoms with Crippen molar-refractivity contribution in [2.45, 2.75) is 0 Å². The Labute approximate surface area is 93.4 Å². The number of nitrogens with two attached hydrogens (primary N) is 1. The first-order valence-electron chi connectivity index (χ1n) is 5.41. The second-order valence-electron chi connectivity index (χ2n) is 3.86. The number of anilines is 2. The van der Waals surface area contributed by atoms with E-state index in [1.54, 1.807) is 6.20 Å². The second-order valence-corrected chi connectivity index (χ2v) is 3.86. The van der Waals surface area contributed by atoms with Crippen molar-refractivity contribution in [2.24, 2.45) is 0 Å². The molecule has 5 heteroatoms. The predicted molar refractivity (Wildman–Crippen MR) is 62.6 cm³/mol. The number of hydrogen-bond acceptors (Lipinski definition) is 4. The quantitative estimate of drug-likeness (QED) is 0.767. The monoisotopic (exact) mass is 218 g/mol. The normalized spacial score (nSPS) is 16.9. The molecule has 3 rings (SSSR count). The number of ether oxygens (including phenoxy) is 1. The molecule has 0 radical (unpaired) electrons. The summed E-state index contributed by atoms with van der Waals surface area (Å²) in [5.41, 5.74) is 6.91. The van der Waals surface area contributed by atoms with Crippen LogP contribution in [0.1, 0.15) is 0 Å². The molecule has 0 aliphatic carbocycles. The summed E-state index contributed by atoms with van der Waals surface area (Å²) < 4.78 is 7.32. The Hall–Kier alpha value is -1.75. The Morgan fingerprint density at radius 2 is 2.06 bits per heavy atom. The summed E-state index contributed by atoms with van der Waals surface area (Å²) in [6.07, 6.45) is 1.79. The number of hydrogen-bond donors (Lipinski definition) is 1. The number of nitrogen functional groups attached to an aromatic ring is 1. The minimum atomic E-state index is 0.539. The van der Waals surface area contributed by atoms with Gasteiger partial charge in [0, 0.05) is 13.1 Å². The zero-order chi connectivity index (χ0) is 11.0. The first-order chi connectivity index (χ1) is 7.86. The lowest BCUT2D eigenvalue weighted by atomic mass is 10.3. The highest BCUT2D eigenvalue weighted by Gasteiger charge is 2.14. The molecular formula is C11H14N4O. The van der Waals surface area contributed by atoms with Gasteiger partial charge in [-0.15, -0.1) is 0 Å². The Morgan fingerprint density at radius 1 is 1.25 bits per heavy atom. The molecule has 3 heterocycles. The molecule has 1 aliphatic heterocycles. The van der Waals surface area contributed by atoms with Crippen LogP contribution in [0, 0.1) is 0 Å². The molecule has 2 N–H and O–H groups in total. The average molecular weight is 218 g/mol. The van der Waals surface area contributed by atoms with Crippen LogP contribution in [0.25, 0.3) is 5.52 Å². The van der Waals surface area contributed by atoms with E-state index in [0.29, 0.717) is 5.95 Å². The van der Waals surface area contributed by atoms with Gasteiger partial charge >= 0.3 is 0 Å². The molecule has 1 saturated heterocycles. The fourth-order valence-corrected chi connectivity index (χ4v) is 2.09. The van der Waals surface area contributed by atoms with E-state index in [2.05, 4.69) is 16.0 Å². The minimum Gasteiger partial charge on any atom is -0.378 e. The number of rotatable bonds is 1. The van der Waals surface area contributed by atoms with Crippen molar-refractivity contribution in [1.29, 1.82) is 0 Å². The van der Waals surface area contributed by atoms with Crippen LogP contribution >= 0.6 is 0 Å². The molecule has 2 aromatic rings. The second kappa shape index (κ2) is 3.68. The topological polar surface area (TPSA) is 55.8 Å². The van der Waals surface area contributed by atoms with Crippen molar-refractivity contribution in [1.82, 2.24) is 9.38 Å². The molecule has 0 spiro atoms. The Morgan fingerprint density at radius 3 is 2.88 bits per heavy atom. The van der Waals surface area contributed by atoms with Crippen molar-refractivity contribution in [3.05, 3.63) is 24.4 Å². The number of morpholine rings is 1. The van der Waals surface area contributed by atoms with Crippen LogP contribution in [0.3, 0.4) is 0 Å². The molecule has 0 unspecified atom stereocenters. The highest BCUT2D eigenvalue weighted by atomic mass is 16.5. The van der Waals surface area contributed by atoms with E-state index < -0.39 is 0 Å². The lowest BCUT2D eigenvalue weighted by molar-refractivity contribution is 0.122. The van der Waals surface area contributed by atoms with Crippen molar-refractivity contribution < 1.29 is 4.74 Å². The Kier molecular flexibility index (Phi) is 2.18. The molecule has 0 amide bonds. The molecule has 0 aromatic carbocycles. The third kappa shape index (κ3) is 1.40. The number of imidazole rings is 1. The van der Waals surface area contributed by atoms with E-state index in [9.17, 15) is 0 Å². The SMILES string of the molecule is Nc1ncc2cccc(N3CCOCC3)n12. The molecular weight excluding hydrogens is 204 g/mol. The maximum absolute atomic E-state index is 5.88. The van der Waals surface area contributed by atoms with Crippen molar-refractivity contribution in [2.75, 3.05) is 36.9 Å². The van der Waals surface area contributed by atoms with Gasteiger partial charge in [0.05, 0.1) is 24.9 Å². The van der Waals surface area contributed by atoms with Crippen LogP contribution in [-0.4, -0.2) is 35.7 Å². The zero-order valence-electron chi connectivity index (χ0n) is 8.97. The van der Waals surface area contributed by atoms with Gasteiger partial charge in [-0.2, -0.15) is 0 Å². The first kappa shape index (κ1) is 9.47. The van der Waals surface area contributed by atoms with Crippen molar-refractivity contribution in [3.63, 3.8) is 0 Å². The summed E-state index contributed by atoms with van der Waals surface area (Å²) in [5, 5.41) is 0.